The second-order valence-corrected chi connectivity index (χ2v) is 4.11. The Balaban J connectivity index is 2.16. The summed E-state index contributed by atoms with van der Waals surface area (Å²) in [4.78, 5) is 13.4. The van der Waals surface area contributed by atoms with Gasteiger partial charge in [-0.2, -0.15) is 0 Å². The van der Waals surface area contributed by atoms with Gasteiger partial charge in [0.25, 0.3) is 0 Å². The number of carbonyl (C=O) groups is 1. The lowest BCUT2D eigenvalue weighted by Crippen LogP contribution is -2.29. The highest BCUT2D eigenvalue weighted by Gasteiger charge is 2.27. The third-order valence-electron chi connectivity index (χ3n) is 2.84. The van der Waals surface area contributed by atoms with E-state index in [-0.39, 0.29) is 11.8 Å². The van der Waals surface area contributed by atoms with Crippen LogP contribution >= 0.6 is 0 Å². The van der Waals surface area contributed by atoms with Gasteiger partial charge in [0.2, 0.25) is 5.91 Å². The van der Waals surface area contributed by atoms with Gasteiger partial charge in [-0.05, 0) is 24.0 Å². The molecule has 2 heteroatoms. The Kier molecular flexibility index (Phi) is 2.28. The van der Waals surface area contributed by atoms with E-state index >= 15 is 0 Å². The average Bonchev–Trinajstić information content (AvgIpc) is 2.59. The van der Waals surface area contributed by atoms with E-state index in [1.165, 1.54) is 11.1 Å². The molecule has 0 aliphatic heterocycles. The molecule has 1 aliphatic rings. The molecule has 1 aromatic rings. The Morgan fingerprint density at radius 2 is 1.71 bits per heavy atom. The van der Waals surface area contributed by atoms with Crippen molar-refractivity contribution in [3.05, 3.63) is 35.4 Å². The fourth-order valence-electron chi connectivity index (χ4n) is 2.10. The second-order valence-electron chi connectivity index (χ2n) is 4.11. The van der Waals surface area contributed by atoms with Crippen molar-refractivity contribution >= 4 is 5.91 Å². The highest BCUT2D eigenvalue weighted by Crippen LogP contribution is 2.27. The quantitative estimate of drug-likeness (QED) is 0.655. The molecule has 0 spiro atoms. The van der Waals surface area contributed by atoms with E-state index < -0.39 is 0 Å². The van der Waals surface area contributed by atoms with Crippen LogP contribution in [0.2, 0.25) is 0 Å². The Morgan fingerprint density at radius 1 is 1.21 bits per heavy atom. The zero-order chi connectivity index (χ0) is 10.1. The van der Waals surface area contributed by atoms with Crippen LogP contribution in [0.5, 0.6) is 0 Å². The number of amides is 1. The summed E-state index contributed by atoms with van der Waals surface area (Å²) in [6.45, 7) is 0. The zero-order valence-electron chi connectivity index (χ0n) is 8.66. The molecule has 1 amide bonds. The van der Waals surface area contributed by atoms with Crippen LogP contribution in [-0.2, 0) is 17.6 Å². The number of rotatable bonds is 1. The van der Waals surface area contributed by atoms with Gasteiger partial charge in [0.1, 0.15) is 0 Å². The molecule has 0 N–H and O–H groups in total. The molecule has 1 aliphatic carbocycles. The van der Waals surface area contributed by atoms with Crippen molar-refractivity contribution in [1.82, 2.24) is 4.90 Å². The first-order valence-electron chi connectivity index (χ1n) is 4.96. The monoisotopic (exact) mass is 189 g/mol. The lowest BCUT2D eigenvalue weighted by molar-refractivity contribution is -0.132. The summed E-state index contributed by atoms with van der Waals surface area (Å²) in [5.41, 5.74) is 2.68. The van der Waals surface area contributed by atoms with E-state index in [2.05, 4.69) is 12.1 Å². The van der Waals surface area contributed by atoms with Crippen molar-refractivity contribution in [3.63, 3.8) is 0 Å². The largest absolute Gasteiger partial charge is 0.349 e. The predicted octanol–water partition coefficient (Wildman–Crippen LogP) is 1.49. The Bertz CT molecular complexity index is 332. The number of hydrogen-bond acceptors (Lipinski definition) is 1. The molecule has 0 aromatic heterocycles. The molecular formula is C12H15NO. The van der Waals surface area contributed by atoms with Gasteiger partial charge in [-0.1, -0.05) is 24.3 Å². The molecule has 0 fully saturated rings. The normalized spacial score (nSPS) is 15.3. The molecule has 2 rings (SSSR count). The van der Waals surface area contributed by atoms with Crippen LogP contribution in [0.4, 0.5) is 0 Å². The summed E-state index contributed by atoms with van der Waals surface area (Å²) in [5.74, 6) is 0.420. The fourth-order valence-corrected chi connectivity index (χ4v) is 2.10. The first kappa shape index (κ1) is 9.25. The van der Waals surface area contributed by atoms with Crippen molar-refractivity contribution in [1.29, 1.82) is 0 Å². The first-order chi connectivity index (χ1) is 6.68. The van der Waals surface area contributed by atoms with E-state index in [9.17, 15) is 4.79 Å². The van der Waals surface area contributed by atoms with Crippen molar-refractivity contribution in [3.8, 4) is 0 Å². The van der Waals surface area contributed by atoms with Crippen LogP contribution in [0.25, 0.3) is 0 Å². The number of fused-ring (bicyclic) bond motifs is 1. The highest BCUT2D eigenvalue weighted by atomic mass is 16.2. The zero-order valence-corrected chi connectivity index (χ0v) is 8.66. The van der Waals surface area contributed by atoms with Gasteiger partial charge in [0.15, 0.2) is 0 Å². The third kappa shape index (κ3) is 1.52. The lowest BCUT2D eigenvalue weighted by atomic mass is 10.1. The van der Waals surface area contributed by atoms with E-state index in [4.69, 9.17) is 0 Å². The van der Waals surface area contributed by atoms with Crippen LogP contribution in [0.1, 0.15) is 11.1 Å². The van der Waals surface area contributed by atoms with E-state index in [0.29, 0.717) is 0 Å². The third-order valence-corrected chi connectivity index (χ3v) is 2.84. The first-order valence-corrected chi connectivity index (χ1v) is 4.96. The Labute approximate surface area is 84.5 Å². The maximum absolute atomic E-state index is 11.7. The molecule has 0 radical (unpaired) electrons. The predicted molar refractivity (Wildman–Crippen MR) is 56.0 cm³/mol. The molecule has 14 heavy (non-hydrogen) atoms. The van der Waals surface area contributed by atoms with Crippen LogP contribution in [0.15, 0.2) is 24.3 Å². The summed E-state index contributed by atoms with van der Waals surface area (Å²) in [6.07, 6.45) is 1.82. The van der Waals surface area contributed by atoms with Gasteiger partial charge in [0.05, 0.1) is 0 Å². The smallest absolute Gasteiger partial charge is 0.225 e. The van der Waals surface area contributed by atoms with Crippen molar-refractivity contribution in [2.75, 3.05) is 14.1 Å². The highest BCUT2D eigenvalue weighted by molar-refractivity contribution is 5.79. The minimum Gasteiger partial charge on any atom is -0.349 e. The van der Waals surface area contributed by atoms with Gasteiger partial charge in [-0.15, -0.1) is 0 Å². The summed E-state index contributed by atoms with van der Waals surface area (Å²) in [7, 11) is 3.65. The van der Waals surface area contributed by atoms with Crippen molar-refractivity contribution in [2.45, 2.75) is 12.8 Å². The van der Waals surface area contributed by atoms with Crippen LogP contribution in [0.3, 0.4) is 0 Å². The summed E-state index contributed by atoms with van der Waals surface area (Å²) in [5, 5.41) is 0. The van der Waals surface area contributed by atoms with Gasteiger partial charge in [-0.25, -0.2) is 0 Å². The van der Waals surface area contributed by atoms with Crippen LogP contribution in [0, 0.1) is 5.92 Å². The lowest BCUT2D eigenvalue weighted by Gasteiger charge is -2.15. The van der Waals surface area contributed by atoms with Gasteiger partial charge in [-0.3, -0.25) is 4.79 Å². The molecule has 0 bridgehead atoms. The number of carbonyl (C=O) groups excluding carboxylic acids is 1. The summed E-state index contributed by atoms with van der Waals surface area (Å²) >= 11 is 0. The van der Waals surface area contributed by atoms with Gasteiger partial charge in [0, 0.05) is 20.0 Å². The van der Waals surface area contributed by atoms with Crippen LogP contribution in [-0.4, -0.2) is 24.9 Å². The Hall–Kier alpha value is -1.31. The fraction of sp³-hybridized carbons (Fsp3) is 0.417. The average molecular weight is 189 g/mol. The molecule has 0 unspecified atom stereocenters. The van der Waals surface area contributed by atoms with Crippen molar-refractivity contribution < 1.29 is 4.79 Å². The molecule has 0 saturated carbocycles. The Morgan fingerprint density at radius 3 is 2.14 bits per heavy atom. The SMILES string of the molecule is CN(C)C(=O)C1Cc2ccccc2C1. The molecule has 2 nitrogen and oxygen atoms in total. The van der Waals surface area contributed by atoms with E-state index in [1.54, 1.807) is 4.90 Å². The summed E-state index contributed by atoms with van der Waals surface area (Å²) < 4.78 is 0. The minimum absolute atomic E-state index is 0.169. The molecule has 0 saturated heterocycles. The topological polar surface area (TPSA) is 20.3 Å². The van der Waals surface area contributed by atoms with E-state index in [0.717, 1.165) is 12.8 Å². The van der Waals surface area contributed by atoms with Crippen LogP contribution < -0.4 is 0 Å². The second kappa shape index (κ2) is 3.45. The maximum atomic E-state index is 11.7. The summed E-state index contributed by atoms with van der Waals surface area (Å²) in [6, 6.07) is 8.33. The number of hydrogen-bond donors (Lipinski definition) is 0. The molecular weight excluding hydrogens is 174 g/mol. The molecule has 0 heterocycles. The molecule has 74 valence electrons. The standard InChI is InChI=1S/C12H15NO/c1-13(2)12(14)11-7-9-5-3-4-6-10(9)8-11/h3-6,11H,7-8H2,1-2H3. The van der Waals surface area contributed by atoms with E-state index in [1.807, 2.05) is 26.2 Å². The number of nitrogens with zero attached hydrogens (tertiary/aromatic N) is 1. The molecule has 0 atom stereocenters. The molecule has 1 aromatic carbocycles. The number of benzene rings is 1. The minimum atomic E-state index is 0.169. The van der Waals surface area contributed by atoms with Gasteiger partial charge < -0.3 is 4.90 Å². The van der Waals surface area contributed by atoms with Gasteiger partial charge >= 0.3 is 0 Å². The maximum Gasteiger partial charge on any atom is 0.225 e. The van der Waals surface area contributed by atoms with Crippen molar-refractivity contribution in [2.24, 2.45) is 5.92 Å².